The average Bonchev–Trinajstić information content (AvgIpc) is 1.97. The van der Waals surface area contributed by atoms with Gasteiger partial charge in [-0.25, -0.2) is 0 Å². The van der Waals surface area contributed by atoms with E-state index in [2.05, 4.69) is 6.92 Å². The Balaban J connectivity index is 3.25. The molecule has 0 saturated carbocycles. The van der Waals surface area contributed by atoms with Crippen molar-refractivity contribution in [3.05, 3.63) is 0 Å². The molecule has 0 aliphatic heterocycles. The summed E-state index contributed by atoms with van der Waals surface area (Å²) in [4.78, 5) is 20.9. The molecule has 0 aromatic rings. The zero-order valence-electron chi connectivity index (χ0n) is 6.93. The van der Waals surface area contributed by atoms with Crippen LogP contribution in [-0.2, 0) is 9.59 Å². The van der Waals surface area contributed by atoms with Crippen molar-refractivity contribution in [2.75, 3.05) is 0 Å². The third kappa shape index (κ3) is 5.58. The van der Waals surface area contributed by atoms with Gasteiger partial charge in [0.15, 0.2) is 0 Å². The van der Waals surface area contributed by atoms with Crippen molar-refractivity contribution in [3.8, 4) is 0 Å². The van der Waals surface area contributed by atoms with Gasteiger partial charge in [-0.05, 0) is 6.42 Å². The average molecular weight is 157 g/mol. The molecular weight excluding hydrogens is 142 g/mol. The number of rotatable bonds is 6. The Morgan fingerprint density at radius 1 is 1.18 bits per heavy atom. The molecule has 64 valence electrons. The predicted octanol–water partition coefficient (Wildman–Crippen LogP) is 1.01. The fourth-order valence-electron chi connectivity index (χ4n) is 0.836. The normalized spacial score (nSPS) is 9.55. The number of hydrogen-bond donors (Lipinski definition) is 1. The quantitative estimate of drug-likeness (QED) is 0.462. The first-order chi connectivity index (χ1) is 5.18. The van der Waals surface area contributed by atoms with E-state index in [0.717, 1.165) is 25.7 Å². The maximum Gasteiger partial charge on any atom is 0.284 e. The van der Waals surface area contributed by atoms with E-state index in [9.17, 15) is 9.59 Å². The highest BCUT2D eigenvalue weighted by Crippen LogP contribution is 2.02. The molecule has 0 spiro atoms. The first-order valence-electron chi connectivity index (χ1n) is 4.01. The van der Waals surface area contributed by atoms with Crippen LogP contribution in [0.3, 0.4) is 0 Å². The molecule has 0 bridgehead atoms. The zero-order chi connectivity index (χ0) is 8.69. The summed E-state index contributed by atoms with van der Waals surface area (Å²) in [7, 11) is 0. The Labute approximate surface area is 67.0 Å². The Bertz CT molecular complexity index is 143. The molecule has 0 unspecified atom stereocenters. The van der Waals surface area contributed by atoms with Crippen molar-refractivity contribution in [2.24, 2.45) is 5.73 Å². The topological polar surface area (TPSA) is 60.2 Å². The first-order valence-corrected chi connectivity index (χ1v) is 4.01. The molecule has 1 amide bonds. The van der Waals surface area contributed by atoms with Crippen LogP contribution in [0, 0.1) is 0 Å². The molecule has 0 heterocycles. The van der Waals surface area contributed by atoms with Crippen LogP contribution >= 0.6 is 0 Å². The van der Waals surface area contributed by atoms with Crippen LogP contribution < -0.4 is 5.73 Å². The molecule has 0 aliphatic carbocycles. The van der Waals surface area contributed by atoms with E-state index >= 15 is 0 Å². The second-order valence-corrected chi connectivity index (χ2v) is 2.60. The third-order valence-corrected chi connectivity index (χ3v) is 1.53. The van der Waals surface area contributed by atoms with Gasteiger partial charge in [0.05, 0.1) is 0 Å². The van der Waals surface area contributed by atoms with Gasteiger partial charge in [0.25, 0.3) is 5.91 Å². The van der Waals surface area contributed by atoms with Crippen molar-refractivity contribution < 1.29 is 9.59 Å². The van der Waals surface area contributed by atoms with E-state index in [0.29, 0.717) is 6.42 Å². The summed E-state index contributed by atoms with van der Waals surface area (Å²) in [6, 6.07) is 0. The maximum absolute atomic E-state index is 10.6. The summed E-state index contributed by atoms with van der Waals surface area (Å²) < 4.78 is 0. The fourth-order valence-corrected chi connectivity index (χ4v) is 0.836. The molecule has 2 N–H and O–H groups in total. The van der Waals surface area contributed by atoms with Gasteiger partial charge in [0.1, 0.15) is 0 Å². The van der Waals surface area contributed by atoms with Crippen LogP contribution in [0.5, 0.6) is 0 Å². The minimum absolute atomic E-state index is 0.315. The molecule has 0 aliphatic rings. The number of Topliss-reactive ketones (excluding diaryl/α,β-unsaturated/α-hetero) is 1. The Morgan fingerprint density at radius 2 is 1.82 bits per heavy atom. The van der Waals surface area contributed by atoms with E-state index in [1.807, 2.05) is 0 Å². The molecule has 0 aromatic carbocycles. The number of unbranched alkanes of at least 4 members (excludes halogenated alkanes) is 3. The van der Waals surface area contributed by atoms with E-state index in [1.165, 1.54) is 0 Å². The summed E-state index contributed by atoms with van der Waals surface area (Å²) in [5.41, 5.74) is 4.76. The molecular formula is C8H15NO2. The monoisotopic (exact) mass is 157 g/mol. The summed E-state index contributed by atoms with van der Waals surface area (Å²) >= 11 is 0. The number of ketones is 1. The predicted molar refractivity (Wildman–Crippen MR) is 43.0 cm³/mol. The SMILES string of the molecule is CCCCCCC(=O)C(N)=O. The van der Waals surface area contributed by atoms with Crippen LogP contribution in [-0.4, -0.2) is 11.7 Å². The van der Waals surface area contributed by atoms with E-state index < -0.39 is 11.7 Å². The lowest BCUT2D eigenvalue weighted by Crippen LogP contribution is -2.22. The van der Waals surface area contributed by atoms with Gasteiger partial charge in [-0.3, -0.25) is 9.59 Å². The number of carbonyl (C=O) groups is 2. The minimum atomic E-state index is -0.804. The number of primary amides is 1. The Hall–Kier alpha value is -0.860. The van der Waals surface area contributed by atoms with Gasteiger partial charge in [0.2, 0.25) is 5.78 Å². The second-order valence-electron chi connectivity index (χ2n) is 2.60. The van der Waals surface area contributed by atoms with Crippen molar-refractivity contribution in [1.82, 2.24) is 0 Å². The van der Waals surface area contributed by atoms with Gasteiger partial charge in [0, 0.05) is 6.42 Å². The lowest BCUT2D eigenvalue weighted by atomic mass is 10.1. The highest BCUT2D eigenvalue weighted by Gasteiger charge is 2.06. The molecule has 0 fully saturated rings. The van der Waals surface area contributed by atoms with Gasteiger partial charge >= 0.3 is 0 Å². The number of nitrogens with two attached hydrogens (primary N) is 1. The summed E-state index contributed by atoms with van der Waals surface area (Å²) in [6.45, 7) is 2.09. The molecule has 3 heteroatoms. The van der Waals surface area contributed by atoms with Crippen molar-refractivity contribution >= 4 is 11.7 Å². The van der Waals surface area contributed by atoms with E-state index in [4.69, 9.17) is 5.73 Å². The lowest BCUT2D eigenvalue weighted by molar-refractivity contribution is -0.136. The van der Waals surface area contributed by atoms with Crippen molar-refractivity contribution in [2.45, 2.75) is 39.0 Å². The van der Waals surface area contributed by atoms with Crippen LogP contribution in [0.1, 0.15) is 39.0 Å². The lowest BCUT2D eigenvalue weighted by Gasteiger charge is -1.95. The fraction of sp³-hybridized carbons (Fsp3) is 0.750. The highest BCUT2D eigenvalue weighted by atomic mass is 16.2. The highest BCUT2D eigenvalue weighted by molar-refractivity contribution is 6.35. The van der Waals surface area contributed by atoms with Crippen LogP contribution in [0.15, 0.2) is 0 Å². The smallest absolute Gasteiger partial charge is 0.284 e. The zero-order valence-corrected chi connectivity index (χ0v) is 6.93. The Morgan fingerprint density at radius 3 is 2.27 bits per heavy atom. The van der Waals surface area contributed by atoms with Gasteiger partial charge in [-0.2, -0.15) is 0 Å². The molecule has 0 aromatic heterocycles. The molecule has 0 rings (SSSR count). The van der Waals surface area contributed by atoms with Gasteiger partial charge in [-0.15, -0.1) is 0 Å². The summed E-state index contributed by atoms with van der Waals surface area (Å²) in [6.07, 6.45) is 4.36. The standard InChI is InChI=1S/C8H15NO2/c1-2-3-4-5-6-7(10)8(9)11/h2-6H2,1H3,(H2,9,11). The van der Waals surface area contributed by atoms with Crippen molar-refractivity contribution in [1.29, 1.82) is 0 Å². The molecule has 0 saturated heterocycles. The Kier molecular flexibility index (Phi) is 5.43. The second kappa shape index (κ2) is 5.89. The van der Waals surface area contributed by atoms with Crippen LogP contribution in [0.2, 0.25) is 0 Å². The number of amides is 1. The molecule has 11 heavy (non-hydrogen) atoms. The largest absolute Gasteiger partial charge is 0.363 e. The van der Waals surface area contributed by atoms with Gasteiger partial charge < -0.3 is 5.73 Å². The molecule has 0 atom stereocenters. The van der Waals surface area contributed by atoms with Crippen LogP contribution in [0.25, 0.3) is 0 Å². The molecule has 0 radical (unpaired) electrons. The van der Waals surface area contributed by atoms with E-state index in [1.54, 1.807) is 0 Å². The van der Waals surface area contributed by atoms with Crippen molar-refractivity contribution in [3.63, 3.8) is 0 Å². The number of carbonyl (C=O) groups excluding carboxylic acids is 2. The van der Waals surface area contributed by atoms with E-state index in [-0.39, 0.29) is 0 Å². The third-order valence-electron chi connectivity index (χ3n) is 1.53. The summed E-state index contributed by atoms with van der Waals surface area (Å²) in [5.74, 6) is -1.25. The summed E-state index contributed by atoms with van der Waals surface area (Å²) in [5, 5.41) is 0. The minimum Gasteiger partial charge on any atom is -0.363 e. The van der Waals surface area contributed by atoms with Gasteiger partial charge in [-0.1, -0.05) is 26.2 Å². The first kappa shape index (κ1) is 10.1. The number of hydrogen-bond acceptors (Lipinski definition) is 2. The molecule has 3 nitrogen and oxygen atoms in total. The maximum atomic E-state index is 10.6. The van der Waals surface area contributed by atoms with Crippen LogP contribution in [0.4, 0.5) is 0 Å².